The molecule has 0 amide bonds. The average molecular weight is 306 g/mol. The molecule has 22 heavy (non-hydrogen) atoms. The first-order valence-electron chi connectivity index (χ1n) is 7.24. The lowest BCUT2D eigenvalue weighted by molar-refractivity contribution is 0.777. The molecule has 0 bridgehead atoms. The van der Waals surface area contributed by atoms with E-state index in [0.29, 0.717) is 4.77 Å². The molecule has 0 saturated carbocycles. The van der Waals surface area contributed by atoms with Gasteiger partial charge in [0.05, 0.1) is 5.71 Å². The molecule has 0 unspecified atom stereocenters. The van der Waals surface area contributed by atoms with E-state index in [2.05, 4.69) is 46.6 Å². The normalized spacial score (nSPS) is 12.1. The Kier molecular flexibility index (Phi) is 3.01. The zero-order valence-corrected chi connectivity index (χ0v) is 12.9. The number of hydrogen-bond donors (Lipinski definition) is 1. The van der Waals surface area contributed by atoms with Gasteiger partial charge in [0.15, 0.2) is 5.82 Å². The Bertz CT molecular complexity index is 902. The summed E-state index contributed by atoms with van der Waals surface area (Å²) >= 11 is 5.31. The SMILES string of the molecule is CCc1n[nH]c(=S)n1N=C1c2ccccc2-c2ccccc21. The standard InChI is InChI=1S/C17H14N4S/c1-2-15-18-19-17(22)21(15)20-16-13-9-5-3-7-11(13)12-8-4-6-10-14(12)16/h3-10H,2H2,1H3,(H,19,22). The third-order valence-electron chi connectivity index (χ3n) is 3.89. The predicted octanol–water partition coefficient (Wildman–Crippen LogP) is 3.78. The number of fused-ring (bicyclic) bond motifs is 3. The monoisotopic (exact) mass is 306 g/mol. The minimum Gasteiger partial charge on any atom is -0.250 e. The van der Waals surface area contributed by atoms with E-state index in [1.54, 1.807) is 4.68 Å². The largest absolute Gasteiger partial charge is 0.250 e. The van der Waals surface area contributed by atoms with Crippen molar-refractivity contribution in [3.63, 3.8) is 0 Å². The van der Waals surface area contributed by atoms with Crippen molar-refractivity contribution in [3.05, 3.63) is 70.3 Å². The van der Waals surface area contributed by atoms with Crippen LogP contribution < -0.4 is 0 Å². The second kappa shape index (κ2) is 5.03. The van der Waals surface area contributed by atoms with Crippen LogP contribution in [0.25, 0.3) is 11.1 Å². The second-order valence-electron chi connectivity index (χ2n) is 5.15. The Balaban J connectivity index is 2.01. The lowest BCUT2D eigenvalue weighted by Gasteiger charge is -2.03. The number of aromatic nitrogens is 3. The van der Waals surface area contributed by atoms with Crippen molar-refractivity contribution in [3.8, 4) is 11.1 Å². The van der Waals surface area contributed by atoms with Gasteiger partial charge in [0.25, 0.3) is 0 Å². The van der Waals surface area contributed by atoms with Crippen molar-refractivity contribution < 1.29 is 0 Å². The third-order valence-corrected chi connectivity index (χ3v) is 4.15. The topological polar surface area (TPSA) is 46.0 Å². The molecule has 1 N–H and O–H groups in total. The molecule has 3 aromatic rings. The maximum atomic E-state index is 5.31. The van der Waals surface area contributed by atoms with Crippen molar-refractivity contribution >= 4 is 17.9 Å². The van der Waals surface area contributed by atoms with Gasteiger partial charge >= 0.3 is 0 Å². The summed E-state index contributed by atoms with van der Waals surface area (Å²) in [6.45, 7) is 2.04. The van der Waals surface area contributed by atoms with E-state index in [0.717, 1.165) is 29.1 Å². The summed E-state index contributed by atoms with van der Waals surface area (Å²) in [6, 6.07) is 16.6. The summed E-state index contributed by atoms with van der Waals surface area (Å²) in [5.41, 5.74) is 5.64. The van der Waals surface area contributed by atoms with Crippen molar-refractivity contribution in [1.29, 1.82) is 0 Å². The van der Waals surface area contributed by atoms with Crippen LogP contribution in [0.5, 0.6) is 0 Å². The van der Waals surface area contributed by atoms with Crippen LogP contribution in [0.2, 0.25) is 0 Å². The molecule has 1 aromatic heterocycles. The smallest absolute Gasteiger partial charge is 0.216 e. The first-order chi connectivity index (χ1) is 10.8. The van der Waals surface area contributed by atoms with Gasteiger partial charge in [-0.2, -0.15) is 14.9 Å². The minimum atomic E-state index is 0.520. The van der Waals surface area contributed by atoms with Gasteiger partial charge in [-0.05, 0) is 23.3 Å². The molecule has 1 aliphatic carbocycles. The van der Waals surface area contributed by atoms with Crippen LogP contribution in [0.15, 0.2) is 53.6 Å². The summed E-state index contributed by atoms with van der Waals surface area (Å²) < 4.78 is 2.25. The molecule has 1 heterocycles. The molecule has 2 aromatic carbocycles. The summed E-state index contributed by atoms with van der Waals surface area (Å²) in [5, 5.41) is 11.9. The maximum Gasteiger partial charge on any atom is 0.216 e. The Morgan fingerprint density at radius 2 is 1.55 bits per heavy atom. The van der Waals surface area contributed by atoms with Crippen molar-refractivity contribution in [2.75, 3.05) is 0 Å². The van der Waals surface area contributed by atoms with Gasteiger partial charge < -0.3 is 0 Å². The number of benzene rings is 2. The number of hydrogen-bond acceptors (Lipinski definition) is 3. The molecule has 0 fully saturated rings. The van der Waals surface area contributed by atoms with Crippen molar-refractivity contribution in [1.82, 2.24) is 14.9 Å². The lowest BCUT2D eigenvalue weighted by Crippen LogP contribution is -2.05. The van der Waals surface area contributed by atoms with Crippen LogP contribution in [0.1, 0.15) is 23.9 Å². The molecule has 0 atom stereocenters. The fourth-order valence-electron chi connectivity index (χ4n) is 2.86. The maximum absolute atomic E-state index is 5.31. The van der Waals surface area contributed by atoms with Gasteiger partial charge in [-0.1, -0.05) is 55.5 Å². The highest BCUT2D eigenvalue weighted by molar-refractivity contribution is 7.71. The van der Waals surface area contributed by atoms with Crippen LogP contribution in [0, 0.1) is 4.77 Å². The first kappa shape index (κ1) is 13.2. The van der Waals surface area contributed by atoms with Gasteiger partial charge in [-0.15, -0.1) is 0 Å². The van der Waals surface area contributed by atoms with E-state index in [1.165, 1.54) is 11.1 Å². The first-order valence-corrected chi connectivity index (χ1v) is 7.65. The third kappa shape index (κ3) is 1.86. The van der Waals surface area contributed by atoms with Crippen molar-refractivity contribution in [2.24, 2.45) is 5.10 Å². The Morgan fingerprint density at radius 3 is 2.09 bits per heavy atom. The summed E-state index contributed by atoms with van der Waals surface area (Å²) in [6.07, 6.45) is 0.771. The van der Waals surface area contributed by atoms with E-state index in [-0.39, 0.29) is 0 Å². The molecule has 0 aliphatic heterocycles. The number of aryl methyl sites for hydroxylation is 1. The summed E-state index contributed by atoms with van der Waals surface area (Å²) in [5.74, 6) is 0.833. The Morgan fingerprint density at radius 1 is 1.00 bits per heavy atom. The van der Waals surface area contributed by atoms with Gasteiger partial charge in [0, 0.05) is 17.5 Å². The van der Waals surface area contributed by atoms with E-state index in [9.17, 15) is 0 Å². The molecule has 0 radical (unpaired) electrons. The van der Waals surface area contributed by atoms with Gasteiger partial charge in [-0.3, -0.25) is 5.10 Å². The molecule has 108 valence electrons. The quantitative estimate of drug-likeness (QED) is 0.573. The molecule has 5 heteroatoms. The van der Waals surface area contributed by atoms with E-state index >= 15 is 0 Å². The molecule has 4 rings (SSSR count). The van der Waals surface area contributed by atoms with Crippen LogP contribution in [0.4, 0.5) is 0 Å². The van der Waals surface area contributed by atoms with Crippen LogP contribution in [0.3, 0.4) is 0 Å². The minimum absolute atomic E-state index is 0.520. The van der Waals surface area contributed by atoms with Crippen LogP contribution in [-0.2, 0) is 6.42 Å². The van der Waals surface area contributed by atoms with Gasteiger partial charge in [0.2, 0.25) is 4.77 Å². The number of nitrogens with one attached hydrogen (secondary N) is 1. The highest BCUT2D eigenvalue weighted by Crippen LogP contribution is 2.36. The second-order valence-corrected chi connectivity index (χ2v) is 5.54. The highest BCUT2D eigenvalue weighted by Gasteiger charge is 2.24. The zero-order valence-electron chi connectivity index (χ0n) is 12.1. The summed E-state index contributed by atoms with van der Waals surface area (Å²) in [4.78, 5) is 0. The predicted molar refractivity (Wildman–Crippen MR) is 89.7 cm³/mol. The molecule has 0 saturated heterocycles. The van der Waals surface area contributed by atoms with Gasteiger partial charge in [-0.25, -0.2) is 0 Å². The van der Waals surface area contributed by atoms with Crippen molar-refractivity contribution in [2.45, 2.75) is 13.3 Å². The van der Waals surface area contributed by atoms with E-state index in [1.807, 2.05) is 19.1 Å². The molecule has 4 nitrogen and oxygen atoms in total. The zero-order chi connectivity index (χ0) is 15.1. The van der Waals surface area contributed by atoms with Gasteiger partial charge in [0.1, 0.15) is 0 Å². The fraction of sp³-hybridized carbons (Fsp3) is 0.118. The number of H-pyrrole nitrogens is 1. The lowest BCUT2D eigenvalue weighted by atomic mass is 10.1. The number of nitrogens with zero attached hydrogens (tertiary/aromatic N) is 3. The average Bonchev–Trinajstić information content (AvgIpc) is 3.08. The van der Waals surface area contributed by atoms with Crippen LogP contribution >= 0.6 is 12.2 Å². The van der Waals surface area contributed by atoms with E-state index in [4.69, 9.17) is 17.3 Å². The molecule has 1 aliphatic rings. The Hall–Kier alpha value is -2.53. The molecular formula is C17H14N4S. The van der Waals surface area contributed by atoms with E-state index < -0.39 is 0 Å². The number of rotatable bonds is 2. The highest BCUT2D eigenvalue weighted by atomic mass is 32.1. The fourth-order valence-corrected chi connectivity index (χ4v) is 3.05. The summed E-state index contributed by atoms with van der Waals surface area (Å²) in [7, 11) is 0. The molecular weight excluding hydrogens is 292 g/mol. The molecule has 0 spiro atoms. The Labute approximate surface area is 133 Å². The van der Waals surface area contributed by atoms with Crippen LogP contribution in [-0.4, -0.2) is 20.6 Å². The number of aromatic amines is 1.